The van der Waals surface area contributed by atoms with Gasteiger partial charge in [-0.15, -0.1) is 11.3 Å². The van der Waals surface area contributed by atoms with Crippen molar-refractivity contribution < 1.29 is 9.53 Å². The molecule has 5 rings (SSSR count). The molecule has 7 heteroatoms. The Morgan fingerprint density at radius 2 is 1.74 bits per heavy atom. The van der Waals surface area contributed by atoms with Gasteiger partial charge < -0.3 is 10.1 Å². The monoisotopic (exact) mass is 563 g/mol. The molecule has 1 amide bonds. The first-order valence-electron chi connectivity index (χ1n) is 14.0. The van der Waals surface area contributed by atoms with Gasteiger partial charge in [0, 0.05) is 29.7 Å². The minimum atomic E-state index is 0.0240. The number of carbonyl (C=O) groups excluding carboxylic acids is 1. The molecule has 0 bridgehead atoms. The van der Waals surface area contributed by atoms with Crippen molar-refractivity contribution in [2.75, 3.05) is 18.5 Å². The van der Waals surface area contributed by atoms with Crippen LogP contribution in [0.15, 0.2) is 77.7 Å². The molecule has 1 atom stereocenters. The van der Waals surface area contributed by atoms with Crippen molar-refractivity contribution in [1.29, 1.82) is 0 Å². The molecule has 1 fully saturated rings. The number of benzene rings is 3. The highest BCUT2D eigenvalue weighted by Crippen LogP contribution is 2.31. The van der Waals surface area contributed by atoms with Gasteiger partial charge in [-0.05, 0) is 74.0 Å². The van der Waals surface area contributed by atoms with Crippen molar-refractivity contribution in [3.05, 3.63) is 88.9 Å². The van der Waals surface area contributed by atoms with Gasteiger partial charge in [-0.2, -0.15) is 0 Å². The zero-order valence-electron chi connectivity index (χ0n) is 23.7. The number of fused-ring (bicyclic) bond motifs is 1. The smallest absolute Gasteiger partial charge is 0.227 e. The van der Waals surface area contributed by atoms with Gasteiger partial charge in [0.15, 0.2) is 0 Å². The molecule has 39 heavy (non-hydrogen) atoms. The average Bonchev–Trinajstić information content (AvgIpc) is 3.42. The summed E-state index contributed by atoms with van der Waals surface area (Å²) in [5.41, 5.74) is 4.39. The number of nitrogens with one attached hydrogen (secondary N) is 2. The summed E-state index contributed by atoms with van der Waals surface area (Å²) in [6.45, 7) is 11.4. The number of para-hydroxylation sites is 1. The second-order valence-corrected chi connectivity index (χ2v) is 10.9. The van der Waals surface area contributed by atoms with Crippen LogP contribution < -0.4 is 10.0 Å². The van der Waals surface area contributed by atoms with Gasteiger partial charge in [0.1, 0.15) is 5.01 Å². The number of carbonyl (C=O) groups is 1. The molecular weight excluding hydrogens is 523 g/mol. The van der Waals surface area contributed by atoms with Gasteiger partial charge in [-0.25, -0.2) is 9.71 Å². The van der Waals surface area contributed by atoms with E-state index in [-0.39, 0.29) is 17.9 Å². The summed E-state index contributed by atoms with van der Waals surface area (Å²) >= 11 is 3.32. The Kier molecular flexibility index (Phi) is 13.0. The van der Waals surface area contributed by atoms with Crippen LogP contribution >= 0.6 is 23.3 Å². The third-order valence-electron chi connectivity index (χ3n) is 6.14. The van der Waals surface area contributed by atoms with Gasteiger partial charge in [0.2, 0.25) is 5.91 Å². The average molecular weight is 564 g/mol. The predicted molar refractivity (Wildman–Crippen MR) is 168 cm³/mol. The van der Waals surface area contributed by atoms with Gasteiger partial charge >= 0.3 is 0 Å². The highest BCUT2D eigenvalue weighted by atomic mass is 32.2. The van der Waals surface area contributed by atoms with Gasteiger partial charge in [0.05, 0.1) is 16.3 Å². The van der Waals surface area contributed by atoms with Crippen molar-refractivity contribution in [3.63, 3.8) is 0 Å². The molecule has 4 aromatic rings. The van der Waals surface area contributed by atoms with Crippen LogP contribution in [0.4, 0.5) is 5.69 Å². The van der Waals surface area contributed by atoms with Crippen LogP contribution in [-0.4, -0.2) is 24.1 Å². The lowest BCUT2D eigenvalue weighted by Gasteiger charge is -2.21. The largest absolute Gasteiger partial charge is 0.381 e. The van der Waals surface area contributed by atoms with Gasteiger partial charge in [-0.1, -0.05) is 75.7 Å². The summed E-state index contributed by atoms with van der Waals surface area (Å²) in [6.07, 6.45) is 2.41. The van der Waals surface area contributed by atoms with Gasteiger partial charge in [-0.3, -0.25) is 4.79 Å². The Hall–Kier alpha value is -2.71. The Morgan fingerprint density at radius 3 is 2.49 bits per heavy atom. The molecule has 0 radical (unpaired) electrons. The molecule has 1 aliphatic rings. The van der Waals surface area contributed by atoms with E-state index in [2.05, 4.69) is 65.5 Å². The summed E-state index contributed by atoms with van der Waals surface area (Å²) < 4.78 is 10.2. The zero-order valence-corrected chi connectivity index (χ0v) is 25.3. The molecule has 2 N–H and O–H groups in total. The molecular formula is C32H41N3O2S2. The number of aryl methyl sites for hydroxylation is 1. The normalized spacial score (nSPS) is 14.0. The lowest BCUT2D eigenvalue weighted by Crippen LogP contribution is -2.28. The van der Waals surface area contributed by atoms with Crippen LogP contribution in [0.5, 0.6) is 0 Å². The van der Waals surface area contributed by atoms with Crippen molar-refractivity contribution in [1.82, 2.24) is 9.71 Å². The number of aromatic nitrogens is 1. The van der Waals surface area contributed by atoms with E-state index in [0.717, 1.165) is 40.4 Å². The standard InChI is InChI=1S/C28H29N3O2S2.2C2H6/c1-19-6-4-7-20(16-19)17-25(28-30-24-10-2-3-11-26(24)34-28)31-35-23-9-5-8-22(18-23)29-27(32)21-12-14-33-15-13-21;2*1-2/h2-11,16,18,21,25,31H,12-15,17H2,1H3,(H,29,32);2*1-2H3. The van der Waals surface area contributed by atoms with Crippen molar-refractivity contribution >= 4 is 45.1 Å². The van der Waals surface area contributed by atoms with E-state index >= 15 is 0 Å². The number of nitrogens with zero attached hydrogens (tertiary/aromatic N) is 1. The number of hydrogen-bond donors (Lipinski definition) is 2. The minimum absolute atomic E-state index is 0.0240. The van der Waals surface area contributed by atoms with E-state index in [1.54, 1.807) is 23.3 Å². The fourth-order valence-electron chi connectivity index (χ4n) is 4.27. The molecule has 1 saturated heterocycles. The number of rotatable bonds is 8. The molecule has 1 aliphatic heterocycles. The quantitative estimate of drug-likeness (QED) is 0.210. The lowest BCUT2D eigenvalue weighted by atomic mass is 9.99. The van der Waals surface area contributed by atoms with Crippen LogP contribution in [0.2, 0.25) is 0 Å². The number of ether oxygens (including phenoxy) is 1. The van der Waals surface area contributed by atoms with E-state index < -0.39 is 0 Å². The highest BCUT2D eigenvalue weighted by Gasteiger charge is 2.22. The Balaban J connectivity index is 0.00000100. The van der Waals surface area contributed by atoms with E-state index in [0.29, 0.717) is 13.2 Å². The molecule has 0 saturated carbocycles. The molecule has 0 aliphatic carbocycles. The topological polar surface area (TPSA) is 63.2 Å². The van der Waals surface area contributed by atoms with Crippen LogP contribution in [0.25, 0.3) is 10.2 Å². The molecule has 208 valence electrons. The third kappa shape index (κ3) is 9.17. The Labute approximate surface area is 241 Å². The molecule has 1 unspecified atom stereocenters. The molecule has 3 aromatic carbocycles. The van der Waals surface area contributed by atoms with Gasteiger partial charge in [0.25, 0.3) is 0 Å². The van der Waals surface area contributed by atoms with E-state index in [1.165, 1.54) is 15.8 Å². The van der Waals surface area contributed by atoms with Crippen molar-refractivity contribution in [2.24, 2.45) is 5.92 Å². The van der Waals surface area contributed by atoms with Crippen LogP contribution in [0.3, 0.4) is 0 Å². The highest BCUT2D eigenvalue weighted by molar-refractivity contribution is 7.97. The Bertz CT molecular complexity index is 1270. The summed E-state index contributed by atoms with van der Waals surface area (Å²) in [6, 6.07) is 25.0. The first-order chi connectivity index (χ1) is 19.1. The first kappa shape index (κ1) is 30.8. The number of anilines is 1. The van der Waals surface area contributed by atoms with E-state index in [1.807, 2.05) is 52.0 Å². The van der Waals surface area contributed by atoms with E-state index in [4.69, 9.17) is 9.72 Å². The molecule has 5 nitrogen and oxygen atoms in total. The molecule has 1 aromatic heterocycles. The third-order valence-corrected chi connectivity index (χ3v) is 8.19. The number of thiazole rings is 1. The van der Waals surface area contributed by atoms with Crippen LogP contribution in [0.1, 0.15) is 62.7 Å². The second kappa shape index (κ2) is 16.4. The second-order valence-electron chi connectivity index (χ2n) is 8.89. The van der Waals surface area contributed by atoms with Crippen molar-refractivity contribution in [3.8, 4) is 0 Å². The minimum Gasteiger partial charge on any atom is -0.381 e. The SMILES string of the molecule is CC.CC.Cc1cccc(CC(NSc2cccc(NC(=O)C3CCOCC3)c2)c2nc3ccccc3s2)c1. The molecule has 2 heterocycles. The number of amides is 1. The van der Waals surface area contributed by atoms with Crippen molar-refractivity contribution in [2.45, 2.75) is 64.8 Å². The fourth-order valence-corrected chi connectivity index (χ4v) is 6.17. The van der Waals surface area contributed by atoms with Crippen LogP contribution in [-0.2, 0) is 16.0 Å². The first-order valence-corrected chi connectivity index (χ1v) is 15.6. The maximum Gasteiger partial charge on any atom is 0.227 e. The lowest BCUT2D eigenvalue weighted by molar-refractivity contribution is -0.122. The summed E-state index contributed by atoms with van der Waals surface area (Å²) in [5, 5.41) is 4.16. The maximum absolute atomic E-state index is 12.6. The maximum atomic E-state index is 12.6. The Morgan fingerprint density at radius 1 is 1.00 bits per heavy atom. The summed E-state index contributed by atoms with van der Waals surface area (Å²) in [5.74, 6) is 0.103. The number of hydrogen-bond acceptors (Lipinski definition) is 6. The van der Waals surface area contributed by atoms with Crippen LogP contribution in [0, 0.1) is 12.8 Å². The summed E-state index contributed by atoms with van der Waals surface area (Å²) in [4.78, 5) is 18.6. The van der Waals surface area contributed by atoms with E-state index in [9.17, 15) is 4.79 Å². The molecule has 0 spiro atoms. The summed E-state index contributed by atoms with van der Waals surface area (Å²) in [7, 11) is 0. The fraction of sp³-hybridized carbons (Fsp3) is 0.375. The predicted octanol–water partition coefficient (Wildman–Crippen LogP) is 8.60. The zero-order chi connectivity index (χ0) is 28.0.